The fourth-order valence-electron chi connectivity index (χ4n) is 0.865. The molecule has 3 N–H and O–H groups in total. The Kier molecular flexibility index (Phi) is 4.26. The molecule has 1 rings (SSSR count). The summed E-state index contributed by atoms with van der Waals surface area (Å²) < 4.78 is 0. The van der Waals surface area contributed by atoms with Crippen LogP contribution in [0.3, 0.4) is 0 Å². The van der Waals surface area contributed by atoms with Gasteiger partial charge in [0, 0.05) is 25.1 Å². The number of nitrogens with zero attached hydrogens (tertiary/aromatic N) is 2. The molecule has 0 unspecified atom stereocenters. The van der Waals surface area contributed by atoms with E-state index in [0.29, 0.717) is 0 Å². The number of hydrogen-bond acceptors (Lipinski definition) is 4. The molecule has 0 amide bonds. The summed E-state index contributed by atoms with van der Waals surface area (Å²) in [5.74, 6) is 0. The normalized spacial score (nSPS) is 10.1. The van der Waals surface area contributed by atoms with Crippen LogP contribution >= 0.6 is 0 Å². The summed E-state index contributed by atoms with van der Waals surface area (Å²) in [6.45, 7) is 2.44. The summed E-state index contributed by atoms with van der Waals surface area (Å²) in [6.07, 6.45) is 6.12. The van der Waals surface area contributed by atoms with Crippen molar-refractivity contribution < 1.29 is 0 Å². The van der Waals surface area contributed by atoms with Gasteiger partial charge in [0.15, 0.2) is 0 Å². The lowest BCUT2D eigenvalue weighted by Crippen LogP contribution is -2.18. The highest BCUT2D eigenvalue weighted by molar-refractivity contribution is 4.93. The topological polar surface area (TPSA) is 63.8 Å². The first-order chi connectivity index (χ1) is 5.93. The predicted octanol–water partition coefficient (Wildman–Crippen LogP) is -0.0850. The van der Waals surface area contributed by atoms with E-state index in [0.717, 1.165) is 31.7 Å². The van der Waals surface area contributed by atoms with Crippen LogP contribution < -0.4 is 11.1 Å². The van der Waals surface area contributed by atoms with Gasteiger partial charge in [0.1, 0.15) is 0 Å². The van der Waals surface area contributed by atoms with Crippen molar-refractivity contribution in [2.45, 2.75) is 13.0 Å². The van der Waals surface area contributed by atoms with Crippen LogP contribution in [0.2, 0.25) is 0 Å². The highest BCUT2D eigenvalue weighted by Gasteiger charge is 1.91. The average Bonchev–Trinajstić information content (AvgIpc) is 2.14. The Morgan fingerprint density at radius 2 is 2.33 bits per heavy atom. The fourth-order valence-corrected chi connectivity index (χ4v) is 0.865. The first kappa shape index (κ1) is 9.09. The lowest BCUT2D eigenvalue weighted by Gasteiger charge is -2.01. The third kappa shape index (κ3) is 3.41. The van der Waals surface area contributed by atoms with Gasteiger partial charge in [0.2, 0.25) is 0 Å². The van der Waals surface area contributed by atoms with E-state index in [2.05, 4.69) is 15.3 Å². The molecule has 1 heterocycles. The average molecular weight is 166 g/mol. The molecular formula is C8H14N4. The largest absolute Gasteiger partial charge is 0.330 e. The van der Waals surface area contributed by atoms with Crippen molar-refractivity contribution in [2.75, 3.05) is 13.1 Å². The Morgan fingerprint density at radius 1 is 1.42 bits per heavy atom. The van der Waals surface area contributed by atoms with Crippen LogP contribution in [0.4, 0.5) is 0 Å². The zero-order chi connectivity index (χ0) is 8.65. The van der Waals surface area contributed by atoms with E-state index in [9.17, 15) is 0 Å². The first-order valence-corrected chi connectivity index (χ1v) is 4.09. The molecule has 1 aromatic rings. The number of hydrogen-bond donors (Lipinski definition) is 2. The molecule has 0 aliphatic rings. The number of rotatable bonds is 5. The molecule has 1 aromatic heterocycles. The van der Waals surface area contributed by atoms with Crippen LogP contribution in [-0.4, -0.2) is 23.1 Å². The molecule has 0 atom stereocenters. The Labute approximate surface area is 72.2 Å². The zero-order valence-electron chi connectivity index (χ0n) is 7.03. The maximum Gasteiger partial charge on any atom is 0.0724 e. The van der Waals surface area contributed by atoms with E-state index in [1.807, 2.05) is 0 Å². The smallest absolute Gasteiger partial charge is 0.0724 e. The zero-order valence-corrected chi connectivity index (χ0v) is 7.03. The van der Waals surface area contributed by atoms with Crippen molar-refractivity contribution in [2.24, 2.45) is 5.73 Å². The van der Waals surface area contributed by atoms with Crippen molar-refractivity contribution >= 4 is 0 Å². The summed E-state index contributed by atoms with van der Waals surface area (Å²) in [7, 11) is 0. The van der Waals surface area contributed by atoms with Gasteiger partial charge < -0.3 is 11.1 Å². The highest BCUT2D eigenvalue weighted by atomic mass is 14.9. The lowest BCUT2D eigenvalue weighted by molar-refractivity contribution is 0.644. The molecule has 0 aromatic carbocycles. The third-order valence-corrected chi connectivity index (χ3v) is 1.48. The summed E-state index contributed by atoms with van der Waals surface area (Å²) >= 11 is 0. The number of aromatic nitrogens is 2. The quantitative estimate of drug-likeness (QED) is 0.600. The molecular weight excluding hydrogens is 152 g/mol. The van der Waals surface area contributed by atoms with E-state index < -0.39 is 0 Å². The van der Waals surface area contributed by atoms with Gasteiger partial charge in [-0.1, -0.05) is 0 Å². The van der Waals surface area contributed by atoms with Crippen LogP contribution in [-0.2, 0) is 6.54 Å². The van der Waals surface area contributed by atoms with Gasteiger partial charge in [-0.3, -0.25) is 9.97 Å². The van der Waals surface area contributed by atoms with Crippen LogP contribution in [0.15, 0.2) is 18.6 Å². The molecule has 0 fully saturated rings. The second kappa shape index (κ2) is 5.62. The SMILES string of the molecule is NCCCNCc1cnccn1. The minimum Gasteiger partial charge on any atom is -0.330 e. The van der Waals surface area contributed by atoms with E-state index >= 15 is 0 Å². The Hall–Kier alpha value is -1.00. The number of nitrogens with one attached hydrogen (secondary N) is 1. The van der Waals surface area contributed by atoms with Gasteiger partial charge in [-0.25, -0.2) is 0 Å². The van der Waals surface area contributed by atoms with Crippen LogP contribution in [0.25, 0.3) is 0 Å². The monoisotopic (exact) mass is 166 g/mol. The van der Waals surface area contributed by atoms with Gasteiger partial charge in [0.25, 0.3) is 0 Å². The molecule has 0 aliphatic heterocycles. The minimum absolute atomic E-state index is 0.730. The maximum atomic E-state index is 5.34. The first-order valence-electron chi connectivity index (χ1n) is 4.09. The Balaban J connectivity index is 2.16. The Morgan fingerprint density at radius 3 is 3.00 bits per heavy atom. The molecule has 0 radical (unpaired) electrons. The molecule has 12 heavy (non-hydrogen) atoms. The summed E-state index contributed by atoms with van der Waals surface area (Å²) in [4.78, 5) is 8.08. The summed E-state index contributed by atoms with van der Waals surface area (Å²) in [5.41, 5.74) is 6.31. The predicted molar refractivity (Wildman–Crippen MR) is 47.4 cm³/mol. The van der Waals surface area contributed by atoms with Gasteiger partial charge in [-0.05, 0) is 19.5 Å². The molecule has 0 saturated heterocycles. The molecule has 0 bridgehead atoms. The molecule has 0 spiro atoms. The minimum atomic E-state index is 0.730. The summed E-state index contributed by atoms with van der Waals surface area (Å²) in [6, 6.07) is 0. The molecule has 4 nitrogen and oxygen atoms in total. The second-order valence-electron chi connectivity index (χ2n) is 2.52. The van der Waals surface area contributed by atoms with Crippen molar-refractivity contribution in [1.82, 2.24) is 15.3 Å². The van der Waals surface area contributed by atoms with Gasteiger partial charge >= 0.3 is 0 Å². The maximum absolute atomic E-state index is 5.34. The van der Waals surface area contributed by atoms with Crippen molar-refractivity contribution in [3.05, 3.63) is 24.3 Å². The van der Waals surface area contributed by atoms with Crippen LogP contribution in [0, 0.1) is 0 Å². The van der Waals surface area contributed by atoms with E-state index in [1.165, 1.54) is 0 Å². The second-order valence-corrected chi connectivity index (χ2v) is 2.52. The van der Waals surface area contributed by atoms with E-state index in [4.69, 9.17) is 5.73 Å². The molecule has 0 saturated carbocycles. The highest BCUT2D eigenvalue weighted by Crippen LogP contribution is 1.87. The fraction of sp³-hybridized carbons (Fsp3) is 0.500. The van der Waals surface area contributed by atoms with E-state index in [1.54, 1.807) is 18.6 Å². The van der Waals surface area contributed by atoms with Gasteiger partial charge in [-0.15, -0.1) is 0 Å². The van der Waals surface area contributed by atoms with Crippen molar-refractivity contribution in [1.29, 1.82) is 0 Å². The van der Waals surface area contributed by atoms with E-state index in [-0.39, 0.29) is 0 Å². The van der Waals surface area contributed by atoms with Crippen LogP contribution in [0.5, 0.6) is 0 Å². The van der Waals surface area contributed by atoms with Crippen LogP contribution in [0.1, 0.15) is 12.1 Å². The van der Waals surface area contributed by atoms with Crippen molar-refractivity contribution in [3.63, 3.8) is 0 Å². The van der Waals surface area contributed by atoms with Gasteiger partial charge in [0.05, 0.1) is 5.69 Å². The molecule has 66 valence electrons. The lowest BCUT2D eigenvalue weighted by atomic mass is 10.4. The molecule has 0 aliphatic carbocycles. The summed E-state index contributed by atoms with van der Waals surface area (Å²) in [5, 5.41) is 3.22. The third-order valence-electron chi connectivity index (χ3n) is 1.48. The number of nitrogens with two attached hydrogens (primary N) is 1. The van der Waals surface area contributed by atoms with Gasteiger partial charge in [-0.2, -0.15) is 0 Å². The molecule has 4 heteroatoms. The Bertz CT molecular complexity index is 199. The van der Waals surface area contributed by atoms with Crippen molar-refractivity contribution in [3.8, 4) is 0 Å². The standard InChI is InChI=1S/C8H14N4/c9-2-1-3-10-6-8-7-11-4-5-12-8/h4-5,7,10H,1-3,6,9H2.